The van der Waals surface area contributed by atoms with Gasteiger partial charge in [0.1, 0.15) is 28.9 Å². The number of aromatic nitrogens is 3. The third-order valence-corrected chi connectivity index (χ3v) is 8.61. The van der Waals surface area contributed by atoms with Crippen LogP contribution in [0.1, 0.15) is 21.1 Å². The number of amides is 3. The smallest absolute Gasteiger partial charge is 0.409 e. The minimum absolute atomic E-state index is 0.268. The third kappa shape index (κ3) is 7.84. The molecule has 234 valence electrons. The van der Waals surface area contributed by atoms with Crippen LogP contribution in [0.15, 0.2) is 30.5 Å². The Morgan fingerprint density at radius 3 is 2.45 bits per heavy atom. The number of halogens is 1. The van der Waals surface area contributed by atoms with Gasteiger partial charge in [-0.2, -0.15) is 0 Å². The Balaban J connectivity index is 1.09. The van der Waals surface area contributed by atoms with E-state index in [1.165, 1.54) is 22.4 Å². The van der Waals surface area contributed by atoms with Crippen molar-refractivity contribution in [1.82, 2.24) is 29.7 Å². The molecule has 2 aromatic heterocycles. The van der Waals surface area contributed by atoms with Gasteiger partial charge in [-0.15, -0.1) is 0 Å². The molecule has 2 fully saturated rings. The Hall–Kier alpha value is -4.21. The molecule has 3 amide bonds. The van der Waals surface area contributed by atoms with Crippen LogP contribution in [0, 0.1) is 13.8 Å². The van der Waals surface area contributed by atoms with E-state index in [-0.39, 0.29) is 12.5 Å². The minimum atomic E-state index is -0.970. The summed E-state index contributed by atoms with van der Waals surface area (Å²) in [5, 5.41) is 16.1. The zero-order valence-corrected chi connectivity index (χ0v) is 26.0. The molecule has 0 atom stereocenters. The molecule has 0 unspecified atom stereocenters. The van der Waals surface area contributed by atoms with Crippen LogP contribution >= 0.6 is 22.9 Å². The van der Waals surface area contributed by atoms with Gasteiger partial charge in [-0.05, 0) is 25.5 Å². The van der Waals surface area contributed by atoms with Gasteiger partial charge in [0.2, 0.25) is 0 Å². The second-order valence-electron chi connectivity index (χ2n) is 10.4. The highest BCUT2D eigenvalue weighted by molar-refractivity contribution is 7.17. The molecule has 4 heterocycles. The van der Waals surface area contributed by atoms with Gasteiger partial charge in [0, 0.05) is 65.0 Å². The fraction of sp³-hybridized carbons (Fsp3) is 0.429. The molecule has 2 saturated heterocycles. The topological polar surface area (TPSA) is 156 Å². The number of carbonyl (C=O) groups excluding carboxylic acids is 2. The van der Waals surface area contributed by atoms with E-state index in [0.29, 0.717) is 65.1 Å². The van der Waals surface area contributed by atoms with E-state index in [9.17, 15) is 14.4 Å². The summed E-state index contributed by atoms with van der Waals surface area (Å²) in [5.41, 5.74) is 1.44. The van der Waals surface area contributed by atoms with Crippen LogP contribution in [0.2, 0.25) is 5.02 Å². The molecule has 0 saturated carbocycles. The Bertz CT molecular complexity index is 1490. The molecule has 2 aliphatic heterocycles. The van der Waals surface area contributed by atoms with Crippen molar-refractivity contribution in [2.24, 2.45) is 0 Å². The number of hydrogen-bond donors (Lipinski definition) is 3. The predicted octanol–water partition coefficient (Wildman–Crippen LogP) is 3.75. The number of rotatable bonds is 8. The molecule has 14 nitrogen and oxygen atoms in total. The van der Waals surface area contributed by atoms with Crippen LogP contribution in [0.5, 0.6) is 0 Å². The molecule has 0 spiro atoms. The Morgan fingerprint density at radius 1 is 1.02 bits per heavy atom. The van der Waals surface area contributed by atoms with E-state index in [4.69, 9.17) is 21.4 Å². The average molecular weight is 644 g/mol. The lowest BCUT2D eigenvalue weighted by Gasteiger charge is -2.35. The lowest BCUT2D eigenvalue weighted by molar-refractivity contribution is 0.0660. The summed E-state index contributed by atoms with van der Waals surface area (Å²) in [6, 6.07) is 7.30. The lowest BCUT2D eigenvalue weighted by Crippen LogP contribution is -2.51. The molecule has 3 N–H and O–H groups in total. The number of benzene rings is 1. The van der Waals surface area contributed by atoms with Gasteiger partial charge in [0.25, 0.3) is 5.91 Å². The highest BCUT2D eigenvalue weighted by atomic mass is 35.5. The number of aryl methyl sites for hydroxylation is 2. The third-order valence-electron chi connectivity index (χ3n) is 7.39. The molecular formula is C28H34ClN9O5S. The average Bonchev–Trinajstić information content (AvgIpc) is 3.47. The normalized spacial score (nSPS) is 15.7. The van der Waals surface area contributed by atoms with Crippen molar-refractivity contribution in [2.45, 2.75) is 13.8 Å². The van der Waals surface area contributed by atoms with E-state index < -0.39 is 12.2 Å². The summed E-state index contributed by atoms with van der Waals surface area (Å²) in [4.78, 5) is 57.3. The van der Waals surface area contributed by atoms with Crippen LogP contribution in [0.4, 0.5) is 32.0 Å². The van der Waals surface area contributed by atoms with Crippen molar-refractivity contribution in [3.05, 3.63) is 51.7 Å². The van der Waals surface area contributed by atoms with E-state index in [0.717, 1.165) is 37.6 Å². The minimum Gasteiger partial charge on any atom is -0.465 e. The van der Waals surface area contributed by atoms with Crippen molar-refractivity contribution in [2.75, 3.05) is 81.0 Å². The zero-order chi connectivity index (χ0) is 31.2. The summed E-state index contributed by atoms with van der Waals surface area (Å²) >= 11 is 7.46. The van der Waals surface area contributed by atoms with Gasteiger partial charge >= 0.3 is 12.2 Å². The number of nitrogens with one attached hydrogen (secondary N) is 2. The fourth-order valence-electron chi connectivity index (χ4n) is 4.92. The van der Waals surface area contributed by atoms with Crippen LogP contribution < -0.4 is 15.5 Å². The first-order chi connectivity index (χ1) is 21.2. The second-order valence-corrected chi connectivity index (χ2v) is 11.8. The number of para-hydroxylation sites is 1. The van der Waals surface area contributed by atoms with Gasteiger partial charge in [-0.1, -0.05) is 35.1 Å². The number of nitrogens with zero attached hydrogens (tertiary/aromatic N) is 7. The van der Waals surface area contributed by atoms with Gasteiger partial charge in [0.05, 0.1) is 16.9 Å². The van der Waals surface area contributed by atoms with E-state index >= 15 is 0 Å². The molecule has 5 rings (SSSR count). The molecule has 2 aliphatic rings. The molecule has 3 aromatic rings. The summed E-state index contributed by atoms with van der Waals surface area (Å²) in [6.07, 6.45) is 0.134. The van der Waals surface area contributed by atoms with E-state index in [1.54, 1.807) is 11.0 Å². The van der Waals surface area contributed by atoms with E-state index in [1.807, 2.05) is 32.0 Å². The van der Waals surface area contributed by atoms with Crippen LogP contribution in [0.3, 0.4) is 0 Å². The molecule has 0 aliphatic carbocycles. The Labute approximate surface area is 263 Å². The zero-order valence-electron chi connectivity index (χ0n) is 24.5. The van der Waals surface area contributed by atoms with Gasteiger partial charge in [-0.25, -0.2) is 24.5 Å². The molecular weight excluding hydrogens is 610 g/mol. The van der Waals surface area contributed by atoms with Crippen molar-refractivity contribution in [1.29, 1.82) is 0 Å². The monoisotopic (exact) mass is 643 g/mol. The number of anilines is 4. The number of thiazole rings is 1. The molecule has 1 aromatic carbocycles. The van der Waals surface area contributed by atoms with Crippen molar-refractivity contribution < 1.29 is 24.2 Å². The molecule has 0 radical (unpaired) electrons. The number of hydrogen-bond acceptors (Lipinski definition) is 11. The van der Waals surface area contributed by atoms with Crippen molar-refractivity contribution in [3.8, 4) is 0 Å². The Morgan fingerprint density at radius 2 is 1.75 bits per heavy atom. The summed E-state index contributed by atoms with van der Waals surface area (Å²) in [5.74, 6) is 1.68. The summed E-state index contributed by atoms with van der Waals surface area (Å²) in [7, 11) is 0. The van der Waals surface area contributed by atoms with Gasteiger partial charge in [0.15, 0.2) is 5.13 Å². The first-order valence-electron chi connectivity index (χ1n) is 14.2. The highest BCUT2D eigenvalue weighted by Gasteiger charge is 2.25. The van der Waals surface area contributed by atoms with Gasteiger partial charge < -0.3 is 35.2 Å². The van der Waals surface area contributed by atoms with Crippen LogP contribution in [-0.4, -0.2) is 118 Å². The van der Waals surface area contributed by atoms with Crippen molar-refractivity contribution in [3.63, 3.8) is 0 Å². The first-order valence-corrected chi connectivity index (χ1v) is 15.4. The lowest BCUT2D eigenvalue weighted by atomic mass is 10.2. The quantitative estimate of drug-likeness (QED) is 0.328. The summed E-state index contributed by atoms with van der Waals surface area (Å²) in [6.45, 7) is 8.86. The number of carboxylic acid groups (broad SMARTS) is 1. The molecule has 0 bridgehead atoms. The fourth-order valence-corrected chi connectivity index (χ4v) is 5.91. The SMILES string of the molecule is Cc1nc(Nc2ncc(C(=O)Nc3c(C)cccc3Cl)s2)cc(N2CCN(CCOC(=O)N3CCN(C(=O)O)CC3)CC2)n1. The van der Waals surface area contributed by atoms with Crippen molar-refractivity contribution >= 4 is 63.5 Å². The molecule has 44 heavy (non-hydrogen) atoms. The van der Waals surface area contributed by atoms with Gasteiger partial charge in [-0.3, -0.25) is 9.69 Å². The first kappa shape index (κ1) is 31.2. The highest BCUT2D eigenvalue weighted by Crippen LogP contribution is 2.28. The number of piperazine rings is 2. The Kier molecular flexibility index (Phi) is 9.97. The van der Waals surface area contributed by atoms with Crippen LogP contribution in [0.25, 0.3) is 0 Å². The second kappa shape index (κ2) is 14.1. The number of ether oxygens (including phenoxy) is 1. The number of carbonyl (C=O) groups is 3. The predicted molar refractivity (Wildman–Crippen MR) is 167 cm³/mol. The largest absolute Gasteiger partial charge is 0.465 e. The van der Waals surface area contributed by atoms with Crippen LogP contribution in [-0.2, 0) is 4.74 Å². The standard InChI is InChI=1S/C28H34ClN9O5S/c1-18-4-3-5-20(29)24(18)34-25(39)21-17-30-26(44-21)33-22-16-23(32-19(2)31-22)36-8-6-35(7-9-36)14-15-43-28(42)38-12-10-37(11-13-38)27(40)41/h3-5,16-17H,6-15H2,1-2H3,(H,34,39)(H,40,41)(H,30,31,32,33). The maximum Gasteiger partial charge on any atom is 0.409 e. The summed E-state index contributed by atoms with van der Waals surface area (Å²) < 4.78 is 5.44. The van der Waals surface area contributed by atoms with E-state index in [2.05, 4.69) is 35.4 Å². The molecule has 16 heteroatoms. The maximum atomic E-state index is 12.8. The maximum absolute atomic E-state index is 12.8.